The molecule has 1 aliphatic carbocycles. The average molecular weight is 503 g/mol. The fourth-order valence-corrected chi connectivity index (χ4v) is 4.43. The molecule has 2 heterocycles. The van der Waals surface area contributed by atoms with Crippen LogP contribution in [0.4, 0.5) is 0 Å². The highest BCUT2D eigenvalue weighted by Gasteiger charge is 2.30. The van der Waals surface area contributed by atoms with Crippen molar-refractivity contribution in [3.05, 3.63) is 64.8 Å². The highest BCUT2D eigenvalue weighted by atomic mass is 35.5. The van der Waals surface area contributed by atoms with Crippen LogP contribution in [0.2, 0.25) is 5.02 Å². The van der Waals surface area contributed by atoms with Crippen LogP contribution >= 0.6 is 11.6 Å². The van der Waals surface area contributed by atoms with Crippen LogP contribution in [-0.4, -0.2) is 64.2 Å². The molecule has 1 saturated carbocycles. The van der Waals surface area contributed by atoms with Crippen molar-refractivity contribution >= 4 is 33.3 Å². The number of sulfone groups is 1. The zero-order chi connectivity index (χ0) is 24.6. The number of rotatable bonds is 7. The van der Waals surface area contributed by atoms with Gasteiger partial charge in [0.05, 0.1) is 16.5 Å². The van der Waals surface area contributed by atoms with Gasteiger partial charge in [-0.1, -0.05) is 11.6 Å². The quantitative estimate of drug-likeness (QED) is 0.525. The summed E-state index contributed by atoms with van der Waals surface area (Å²) in [6, 6.07) is 6.98. The molecule has 10 nitrogen and oxygen atoms in total. The molecule has 1 N–H and O–H groups in total. The van der Waals surface area contributed by atoms with Gasteiger partial charge in [-0.15, -0.1) is 0 Å². The Bertz CT molecular complexity index is 1350. The number of amides is 2. The standard InChI is InChI=1S/C22H23ClN6O4S/c1-13(27-21(30)15-8-16(23)10-18(9-15)34(3,32)33)20-25-12-26-29(20)19-7-4-14(11-24-19)22(31)28(2)17-5-6-17/h4,7-13,17H,5-6H2,1-3H3,(H,27,30)/t13-/m1/s1. The van der Waals surface area contributed by atoms with Gasteiger partial charge in [0.15, 0.2) is 21.5 Å². The third-order valence-corrected chi connectivity index (χ3v) is 6.81. The Morgan fingerprint density at radius 2 is 1.91 bits per heavy atom. The normalized spacial score (nSPS) is 14.5. The molecule has 0 bridgehead atoms. The van der Waals surface area contributed by atoms with E-state index < -0.39 is 21.8 Å². The summed E-state index contributed by atoms with van der Waals surface area (Å²) in [6.07, 6.45) is 5.90. The molecule has 12 heteroatoms. The van der Waals surface area contributed by atoms with Gasteiger partial charge < -0.3 is 10.2 Å². The van der Waals surface area contributed by atoms with Crippen LogP contribution in [0.1, 0.15) is 52.3 Å². The summed E-state index contributed by atoms with van der Waals surface area (Å²) in [6.45, 7) is 1.71. The zero-order valence-electron chi connectivity index (χ0n) is 18.8. The predicted octanol–water partition coefficient (Wildman–Crippen LogP) is 2.44. The summed E-state index contributed by atoms with van der Waals surface area (Å²) in [4.78, 5) is 35.6. The molecular weight excluding hydrogens is 480 g/mol. The first kappa shape index (κ1) is 23.8. The molecule has 0 unspecified atom stereocenters. The third kappa shape index (κ3) is 5.10. The molecule has 1 aliphatic rings. The van der Waals surface area contributed by atoms with E-state index in [1.54, 1.807) is 31.0 Å². The first-order chi connectivity index (χ1) is 16.0. The predicted molar refractivity (Wildman–Crippen MR) is 125 cm³/mol. The topological polar surface area (TPSA) is 127 Å². The molecule has 1 aromatic carbocycles. The van der Waals surface area contributed by atoms with Gasteiger partial charge in [0, 0.05) is 36.1 Å². The van der Waals surface area contributed by atoms with Gasteiger partial charge >= 0.3 is 0 Å². The number of pyridine rings is 1. The van der Waals surface area contributed by atoms with Crippen molar-refractivity contribution in [2.24, 2.45) is 0 Å². The smallest absolute Gasteiger partial charge is 0.255 e. The van der Waals surface area contributed by atoms with Crippen LogP contribution in [0.15, 0.2) is 47.8 Å². The lowest BCUT2D eigenvalue weighted by Gasteiger charge is -2.17. The van der Waals surface area contributed by atoms with Crippen LogP contribution in [0.3, 0.4) is 0 Å². The number of aromatic nitrogens is 4. The molecule has 0 radical (unpaired) electrons. The molecule has 0 saturated heterocycles. The molecule has 34 heavy (non-hydrogen) atoms. The van der Waals surface area contributed by atoms with Gasteiger partial charge in [-0.25, -0.2) is 18.4 Å². The molecule has 2 amide bonds. The maximum absolute atomic E-state index is 12.8. The van der Waals surface area contributed by atoms with Gasteiger partial charge in [-0.2, -0.15) is 9.78 Å². The molecule has 0 aliphatic heterocycles. The number of hydrogen-bond acceptors (Lipinski definition) is 7. The van der Waals surface area contributed by atoms with Gasteiger partial charge in [0.25, 0.3) is 11.8 Å². The lowest BCUT2D eigenvalue weighted by atomic mass is 10.2. The van der Waals surface area contributed by atoms with E-state index in [2.05, 4.69) is 20.4 Å². The number of carbonyl (C=O) groups excluding carboxylic acids is 2. The van der Waals surface area contributed by atoms with E-state index in [0.717, 1.165) is 19.1 Å². The lowest BCUT2D eigenvalue weighted by molar-refractivity contribution is 0.0784. The number of halogens is 1. The second-order valence-corrected chi connectivity index (χ2v) is 10.7. The SMILES string of the molecule is C[C@@H](NC(=O)c1cc(Cl)cc(S(C)(=O)=O)c1)c1ncnn1-c1ccc(C(=O)N(C)C2CC2)cn1. The van der Waals surface area contributed by atoms with Crippen LogP contribution in [0, 0.1) is 0 Å². The second kappa shape index (κ2) is 9.15. The summed E-state index contributed by atoms with van der Waals surface area (Å²) in [5.74, 6) is 0.226. The number of nitrogens with one attached hydrogen (secondary N) is 1. The molecule has 0 spiro atoms. The Morgan fingerprint density at radius 3 is 2.53 bits per heavy atom. The minimum Gasteiger partial charge on any atom is -0.342 e. The Hall–Kier alpha value is -3.31. The molecule has 178 valence electrons. The summed E-state index contributed by atoms with van der Waals surface area (Å²) in [7, 11) is -1.75. The first-order valence-corrected chi connectivity index (χ1v) is 12.8. The third-order valence-electron chi connectivity index (χ3n) is 5.50. The molecule has 4 rings (SSSR count). The van der Waals surface area contributed by atoms with E-state index in [-0.39, 0.29) is 21.4 Å². The first-order valence-electron chi connectivity index (χ1n) is 10.5. The van der Waals surface area contributed by atoms with E-state index >= 15 is 0 Å². The molecule has 1 atom stereocenters. The highest BCUT2D eigenvalue weighted by molar-refractivity contribution is 7.90. The van der Waals surface area contributed by atoms with E-state index in [4.69, 9.17) is 11.6 Å². The van der Waals surface area contributed by atoms with Crippen LogP contribution in [0.25, 0.3) is 5.82 Å². The number of benzene rings is 1. The molecule has 1 fully saturated rings. The van der Waals surface area contributed by atoms with Crippen molar-refractivity contribution in [3.63, 3.8) is 0 Å². The van der Waals surface area contributed by atoms with Crippen LogP contribution in [0.5, 0.6) is 0 Å². The Labute approximate surface area is 201 Å². The number of hydrogen-bond donors (Lipinski definition) is 1. The summed E-state index contributed by atoms with van der Waals surface area (Å²) < 4.78 is 25.2. The second-order valence-electron chi connectivity index (χ2n) is 8.23. The Kier molecular flexibility index (Phi) is 6.41. The molecule has 2 aromatic heterocycles. The number of nitrogens with zero attached hydrogens (tertiary/aromatic N) is 5. The van der Waals surface area contributed by atoms with Crippen molar-refractivity contribution in [2.75, 3.05) is 13.3 Å². The van der Waals surface area contributed by atoms with Crippen LogP contribution < -0.4 is 5.32 Å². The van der Waals surface area contributed by atoms with Crippen molar-refractivity contribution in [3.8, 4) is 5.82 Å². The van der Waals surface area contributed by atoms with Gasteiger partial charge in [0.2, 0.25) is 0 Å². The largest absolute Gasteiger partial charge is 0.342 e. The lowest BCUT2D eigenvalue weighted by Crippen LogP contribution is -2.29. The average Bonchev–Trinajstić information content (AvgIpc) is 3.53. The summed E-state index contributed by atoms with van der Waals surface area (Å²) in [5.41, 5.74) is 0.579. The van der Waals surface area contributed by atoms with Crippen molar-refractivity contribution in [2.45, 2.75) is 36.7 Å². The highest BCUT2D eigenvalue weighted by Crippen LogP contribution is 2.26. The minimum absolute atomic E-state index is 0.0489. The summed E-state index contributed by atoms with van der Waals surface area (Å²) in [5, 5.41) is 7.10. The number of carbonyl (C=O) groups is 2. The maximum atomic E-state index is 12.8. The van der Waals surface area contributed by atoms with Crippen molar-refractivity contribution in [1.82, 2.24) is 30.0 Å². The van der Waals surface area contributed by atoms with Crippen molar-refractivity contribution < 1.29 is 18.0 Å². The van der Waals surface area contributed by atoms with Gasteiger partial charge in [-0.3, -0.25) is 9.59 Å². The summed E-state index contributed by atoms with van der Waals surface area (Å²) >= 11 is 6.01. The van der Waals surface area contributed by atoms with Crippen LogP contribution in [-0.2, 0) is 9.84 Å². The monoisotopic (exact) mass is 502 g/mol. The minimum atomic E-state index is -3.54. The fraction of sp³-hybridized carbons (Fsp3) is 0.318. The van der Waals surface area contributed by atoms with Gasteiger partial charge in [-0.05, 0) is 50.1 Å². The Balaban J connectivity index is 1.52. The van der Waals surface area contributed by atoms with Crippen molar-refractivity contribution in [1.29, 1.82) is 0 Å². The zero-order valence-corrected chi connectivity index (χ0v) is 20.3. The van der Waals surface area contributed by atoms with E-state index in [9.17, 15) is 18.0 Å². The van der Waals surface area contributed by atoms with E-state index in [1.165, 1.54) is 35.4 Å². The fourth-order valence-electron chi connectivity index (χ4n) is 3.44. The van der Waals surface area contributed by atoms with Gasteiger partial charge in [0.1, 0.15) is 6.33 Å². The molecule has 3 aromatic rings. The maximum Gasteiger partial charge on any atom is 0.255 e. The Morgan fingerprint density at radius 1 is 1.18 bits per heavy atom. The molecular formula is C22H23ClN6O4S. The van der Waals surface area contributed by atoms with E-state index in [1.807, 2.05) is 0 Å². The van der Waals surface area contributed by atoms with E-state index in [0.29, 0.717) is 23.2 Å².